The zero-order valence-corrected chi connectivity index (χ0v) is 15.8. The van der Waals surface area contributed by atoms with Gasteiger partial charge in [-0.3, -0.25) is 4.98 Å². The Kier molecular flexibility index (Phi) is 5.75. The maximum atomic E-state index is 12.9. The van der Waals surface area contributed by atoms with Gasteiger partial charge < -0.3 is 0 Å². The van der Waals surface area contributed by atoms with E-state index in [1.54, 1.807) is 23.7 Å². The molecule has 2 heterocycles. The van der Waals surface area contributed by atoms with Crippen LogP contribution in [0.3, 0.4) is 0 Å². The van der Waals surface area contributed by atoms with Crippen LogP contribution < -0.4 is 4.72 Å². The first kappa shape index (κ1) is 18.6. The number of aromatic nitrogens is 2. The molecule has 0 radical (unpaired) electrons. The van der Waals surface area contributed by atoms with Gasteiger partial charge in [-0.15, -0.1) is 11.3 Å². The SMILES string of the molecule is Cc1nc(-c2cccnc2)sc1CCNS(=O)(=O)Cc1ccc(F)cc1. The van der Waals surface area contributed by atoms with E-state index in [0.29, 0.717) is 18.5 Å². The lowest BCUT2D eigenvalue weighted by Crippen LogP contribution is -2.27. The third kappa shape index (κ3) is 4.94. The summed E-state index contributed by atoms with van der Waals surface area (Å²) in [6, 6.07) is 9.26. The first-order chi connectivity index (χ1) is 12.4. The highest BCUT2D eigenvalue weighted by atomic mass is 32.2. The number of nitrogens with one attached hydrogen (secondary N) is 1. The Hall–Kier alpha value is -2.16. The molecule has 26 heavy (non-hydrogen) atoms. The van der Waals surface area contributed by atoms with Crippen LogP contribution in [0.1, 0.15) is 16.1 Å². The Bertz CT molecular complexity index is 971. The number of nitrogens with zero attached hydrogens (tertiary/aromatic N) is 2. The lowest BCUT2D eigenvalue weighted by molar-refractivity contribution is 0.580. The zero-order valence-electron chi connectivity index (χ0n) is 14.1. The molecule has 0 aliphatic heterocycles. The normalized spacial score (nSPS) is 11.6. The standard InChI is InChI=1S/C18H18FN3O2S2/c1-13-17(25-18(22-13)15-3-2-9-20-11-15)8-10-21-26(23,24)12-14-4-6-16(19)7-5-14/h2-7,9,11,21H,8,10,12H2,1H3. The second-order valence-corrected chi connectivity index (χ2v) is 8.69. The van der Waals surface area contributed by atoms with Crippen LogP contribution in [0.5, 0.6) is 0 Å². The first-order valence-corrected chi connectivity index (χ1v) is 10.5. The van der Waals surface area contributed by atoms with Crippen molar-refractivity contribution in [3.05, 3.63) is 70.7 Å². The van der Waals surface area contributed by atoms with Gasteiger partial charge in [-0.1, -0.05) is 12.1 Å². The molecule has 0 fully saturated rings. The van der Waals surface area contributed by atoms with Crippen molar-refractivity contribution in [3.8, 4) is 10.6 Å². The van der Waals surface area contributed by atoms with Gasteiger partial charge >= 0.3 is 0 Å². The molecule has 1 N–H and O–H groups in total. The van der Waals surface area contributed by atoms with Gasteiger partial charge in [0.25, 0.3) is 0 Å². The number of benzene rings is 1. The Morgan fingerprint density at radius 2 is 1.96 bits per heavy atom. The molecule has 0 aliphatic carbocycles. The van der Waals surface area contributed by atoms with Gasteiger partial charge in [0, 0.05) is 29.4 Å². The van der Waals surface area contributed by atoms with Crippen LogP contribution in [0.4, 0.5) is 4.39 Å². The highest BCUT2D eigenvalue weighted by molar-refractivity contribution is 7.88. The average Bonchev–Trinajstić information content (AvgIpc) is 2.98. The molecule has 0 saturated heterocycles. The van der Waals surface area contributed by atoms with Gasteiger partial charge in [-0.2, -0.15) is 0 Å². The summed E-state index contributed by atoms with van der Waals surface area (Å²) >= 11 is 1.54. The molecule has 0 aliphatic rings. The molecular formula is C18H18FN3O2S2. The fraction of sp³-hybridized carbons (Fsp3) is 0.222. The van der Waals surface area contributed by atoms with E-state index in [1.807, 2.05) is 19.1 Å². The molecule has 0 atom stereocenters. The lowest BCUT2D eigenvalue weighted by Gasteiger charge is -2.06. The van der Waals surface area contributed by atoms with E-state index >= 15 is 0 Å². The lowest BCUT2D eigenvalue weighted by atomic mass is 10.2. The number of pyridine rings is 1. The Balaban J connectivity index is 1.59. The minimum atomic E-state index is -3.47. The van der Waals surface area contributed by atoms with Crippen LogP contribution in [-0.2, 0) is 22.2 Å². The number of halogens is 1. The van der Waals surface area contributed by atoms with Crippen molar-refractivity contribution in [1.82, 2.24) is 14.7 Å². The van der Waals surface area contributed by atoms with Crippen molar-refractivity contribution in [3.63, 3.8) is 0 Å². The molecule has 0 unspecified atom stereocenters. The fourth-order valence-corrected chi connectivity index (χ4v) is 4.64. The van der Waals surface area contributed by atoms with Crippen LogP contribution in [0.25, 0.3) is 10.6 Å². The van der Waals surface area contributed by atoms with E-state index in [2.05, 4.69) is 14.7 Å². The third-order valence-electron chi connectivity index (χ3n) is 3.75. The highest BCUT2D eigenvalue weighted by Crippen LogP contribution is 2.27. The fourth-order valence-electron chi connectivity index (χ4n) is 2.44. The second kappa shape index (κ2) is 8.03. The Morgan fingerprint density at radius 3 is 2.65 bits per heavy atom. The Morgan fingerprint density at radius 1 is 1.19 bits per heavy atom. The molecule has 0 spiro atoms. The molecule has 0 bridgehead atoms. The smallest absolute Gasteiger partial charge is 0.215 e. The molecule has 1 aromatic carbocycles. The molecule has 0 amide bonds. The first-order valence-electron chi connectivity index (χ1n) is 8.01. The van der Waals surface area contributed by atoms with Crippen LogP contribution in [0, 0.1) is 12.7 Å². The van der Waals surface area contributed by atoms with E-state index in [9.17, 15) is 12.8 Å². The number of rotatable bonds is 7. The number of hydrogen-bond donors (Lipinski definition) is 1. The zero-order chi connectivity index (χ0) is 18.6. The summed E-state index contributed by atoms with van der Waals surface area (Å²) in [6.45, 7) is 2.21. The average molecular weight is 391 g/mol. The van der Waals surface area contributed by atoms with Crippen molar-refractivity contribution in [1.29, 1.82) is 0 Å². The molecule has 8 heteroatoms. The monoisotopic (exact) mass is 391 g/mol. The summed E-state index contributed by atoms with van der Waals surface area (Å²) in [4.78, 5) is 9.66. The number of hydrogen-bond acceptors (Lipinski definition) is 5. The summed E-state index contributed by atoms with van der Waals surface area (Å²) in [7, 11) is -3.47. The molecule has 5 nitrogen and oxygen atoms in total. The van der Waals surface area contributed by atoms with Crippen molar-refractivity contribution in [2.24, 2.45) is 0 Å². The van der Waals surface area contributed by atoms with Gasteiger partial charge in [0.15, 0.2) is 0 Å². The van der Waals surface area contributed by atoms with Crippen LogP contribution in [0.2, 0.25) is 0 Å². The maximum absolute atomic E-state index is 12.9. The van der Waals surface area contributed by atoms with Crippen LogP contribution in [-0.4, -0.2) is 24.9 Å². The van der Waals surface area contributed by atoms with Gasteiger partial charge in [0.1, 0.15) is 10.8 Å². The quantitative estimate of drug-likeness (QED) is 0.671. The van der Waals surface area contributed by atoms with Gasteiger partial charge in [0.05, 0.1) is 11.4 Å². The van der Waals surface area contributed by atoms with Gasteiger partial charge in [0.2, 0.25) is 10.0 Å². The molecule has 2 aromatic heterocycles. The molecule has 3 aromatic rings. The number of sulfonamides is 1. The topological polar surface area (TPSA) is 72.0 Å². The van der Waals surface area contributed by atoms with Crippen LogP contribution in [0.15, 0.2) is 48.8 Å². The van der Waals surface area contributed by atoms with Crippen molar-refractivity contribution >= 4 is 21.4 Å². The van der Waals surface area contributed by atoms with Crippen LogP contribution >= 0.6 is 11.3 Å². The van der Waals surface area contributed by atoms with Gasteiger partial charge in [-0.25, -0.2) is 22.5 Å². The summed E-state index contributed by atoms with van der Waals surface area (Å²) in [5.74, 6) is -0.556. The van der Waals surface area contributed by atoms with E-state index in [0.717, 1.165) is 21.1 Å². The van der Waals surface area contributed by atoms with Crippen molar-refractivity contribution in [2.75, 3.05) is 6.54 Å². The van der Waals surface area contributed by atoms with E-state index in [1.165, 1.54) is 24.3 Å². The molecule has 3 rings (SSSR count). The minimum absolute atomic E-state index is 0.171. The molecular weight excluding hydrogens is 373 g/mol. The second-order valence-electron chi connectivity index (χ2n) is 5.80. The number of thiazole rings is 1. The van der Waals surface area contributed by atoms with Crippen molar-refractivity contribution < 1.29 is 12.8 Å². The summed E-state index contributed by atoms with van der Waals surface area (Å²) in [5.41, 5.74) is 2.39. The predicted molar refractivity (Wildman–Crippen MR) is 101 cm³/mol. The van der Waals surface area contributed by atoms with E-state index in [-0.39, 0.29) is 11.6 Å². The highest BCUT2D eigenvalue weighted by Gasteiger charge is 2.13. The van der Waals surface area contributed by atoms with E-state index in [4.69, 9.17) is 0 Å². The molecule has 136 valence electrons. The molecule has 0 saturated carbocycles. The number of aryl methyl sites for hydroxylation is 1. The maximum Gasteiger partial charge on any atom is 0.215 e. The Labute approximate surface area is 156 Å². The minimum Gasteiger partial charge on any atom is -0.264 e. The third-order valence-corrected chi connectivity index (χ3v) is 6.37. The largest absolute Gasteiger partial charge is 0.264 e. The van der Waals surface area contributed by atoms with Gasteiger partial charge in [-0.05, 0) is 43.2 Å². The van der Waals surface area contributed by atoms with Crippen molar-refractivity contribution in [2.45, 2.75) is 19.1 Å². The summed E-state index contributed by atoms with van der Waals surface area (Å²) in [6.07, 6.45) is 4.03. The summed E-state index contributed by atoms with van der Waals surface area (Å²) < 4.78 is 39.8. The van der Waals surface area contributed by atoms with E-state index < -0.39 is 10.0 Å². The summed E-state index contributed by atoms with van der Waals surface area (Å²) in [5, 5.41) is 0.875. The predicted octanol–water partition coefficient (Wildman–Crippen LogP) is 3.31.